The summed E-state index contributed by atoms with van der Waals surface area (Å²) in [6.45, 7) is 6.16. The predicted molar refractivity (Wildman–Crippen MR) is 97.5 cm³/mol. The molecule has 1 aromatic rings. The Morgan fingerprint density at radius 1 is 1.30 bits per heavy atom. The molecule has 0 aromatic heterocycles. The monoisotopic (exact) mass is 379 g/mol. The number of carbonyl (C=O) groups is 2. The quantitative estimate of drug-likeness (QED) is 0.362. The number of nitro benzene ring substituents is 1. The fraction of sp³-hybridized carbons (Fsp3) is 0.556. The normalized spacial score (nSPS) is 14.6. The molecule has 0 saturated carbocycles. The van der Waals surface area contributed by atoms with Crippen LogP contribution in [0, 0.1) is 10.1 Å². The highest BCUT2D eigenvalue weighted by molar-refractivity contribution is 5.95. The van der Waals surface area contributed by atoms with Gasteiger partial charge in [0.1, 0.15) is 0 Å². The summed E-state index contributed by atoms with van der Waals surface area (Å²) in [6.07, 6.45) is 0.0810. The minimum atomic E-state index is -0.534. The van der Waals surface area contributed by atoms with Crippen LogP contribution in [0.25, 0.3) is 0 Å². The van der Waals surface area contributed by atoms with Crippen LogP contribution in [0.5, 0.6) is 0 Å². The fourth-order valence-electron chi connectivity index (χ4n) is 2.80. The Hall–Kier alpha value is -2.52. The molecule has 0 atom stereocenters. The summed E-state index contributed by atoms with van der Waals surface area (Å²) < 4.78 is 10.2. The molecule has 0 bridgehead atoms. The third-order valence-electron chi connectivity index (χ3n) is 4.27. The van der Waals surface area contributed by atoms with Gasteiger partial charge in [0.05, 0.1) is 31.2 Å². The first-order chi connectivity index (χ1) is 13.0. The van der Waals surface area contributed by atoms with E-state index in [0.29, 0.717) is 26.3 Å². The largest absolute Gasteiger partial charge is 0.466 e. The molecule has 1 amide bonds. The van der Waals surface area contributed by atoms with Crippen molar-refractivity contribution in [1.29, 1.82) is 0 Å². The Balaban J connectivity index is 2.06. The Morgan fingerprint density at radius 2 is 2.04 bits per heavy atom. The van der Waals surface area contributed by atoms with Crippen LogP contribution in [0.15, 0.2) is 24.3 Å². The van der Waals surface area contributed by atoms with E-state index in [1.165, 1.54) is 18.2 Å². The molecular weight excluding hydrogens is 354 g/mol. The Labute approximate surface area is 158 Å². The van der Waals surface area contributed by atoms with E-state index in [0.717, 1.165) is 13.1 Å². The lowest BCUT2D eigenvalue weighted by molar-refractivity contribution is -0.384. The molecule has 1 aromatic carbocycles. The summed E-state index contributed by atoms with van der Waals surface area (Å²) in [7, 11) is 0. The highest BCUT2D eigenvalue weighted by Gasteiger charge is 2.21. The fourth-order valence-corrected chi connectivity index (χ4v) is 2.80. The van der Waals surface area contributed by atoms with Crippen LogP contribution in [0.4, 0.5) is 5.69 Å². The van der Waals surface area contributed by atoms with Crippen molar-refractivity contribution in [1.82, 2.24) is 9.80 Å². The highest BCUT2D eigenvalue weighted by Crippen LogP contribution is 2.15. The smallest absolute Gasteiger partial charge is 0.307 e. The number of esters is 1. The van der Waals surface area contributed by atoms with E-state index in [-0.39, 0.29) is 42.7 Å². The Morgan fingerprint density at radius 3 is 2.70 bits per heavy atom. The summed E-state index contributed by atoms with van der Waals surface area (Å²) in [5.41, 5.74) is 0.0920. The van der Waals surface area contributed by atoms with Gasteiger partial charge in [-0.05, 0) is 13.0 Å². The van der Waals surface area contributed by atoms with Crippen LogP contribution in [-0.2, 0) is 14.3 Å². The number of nitrogens with zero attached hydrogens (tertiary/aromatic N) is 3. The van der Waals surface area contributed by atoms with Crippen LogP contribution >= 0.6 is 0 Å². The SMILES string of the molecule is CCOC(=O)CCN(CCN1CCOCC1)C(=O)c1cccc([N+](=O)[O-])c1. The molecule has 1 fully saturated rings. The molecule has 27 heavy (non-hydrogen) atoms. The van der Waals surface area contributed by atoms with Gasteiger partial charge in [0, 0.05) is 50.4 Å². The zero-order valence-corrected chi connectivity index (χ0v) is 15.5. The summed E-state index contributed by atoms with van der Waals surface area (Å²) >= 11 is 0. The summed E-state index contributed by atoms with van der Waals surface area (Å²) in [4.78, 5) is 38.7. The van der Waals surface area contributed by atoms with Crippen LogP contribution in [0.3, 0.4) is 0 Å². The molecule has 148 valence electrons. The van der Waals surface area contributed by atoms with Crippen LogP contribution < -0.4 is 0 Å². The van der Waals surface area contributed by atoms with E-state index in [2.05, 4.69) is 4.90 Å². The molecule has 0 unspecified atom stereocenters. The average Bonchev–Trinajstić information content (AvgIpc) is 2.68. The molecule has 0 radical (unpaired) electrons. The molecule has 1 heterocycles. The van der Waals surface area contributed by atoms with Crippen LogP contribution in [0.1, 0.15) is 23.7 Å². The number of hydrogen-bond donors (Lipinski definition) is 0. The van der Waals surface area contributed by atoms with Crippen LogP contribution in [-0.4, -0.2) is 79.1 Å². The number of morpholine rings is 1. The van der Waals surface area contributed by atoms with Gasteiger partial charge in [0.2, 0.25) is 0 Å². The number of hydrogen-bond acceptors (Lipinski definition) is 7. The number of benzene rings is 1. The van der Waals surface area contributed by atoms with Crippen molar-refractivity contribution in [2.75, 3.05) is 52.5 Å². The summed E-state index contributed by atoms with van der Waals surface area (Å²) in [5.74, 6) is -0.711. The van der Waals surface area contributed by atoms with Gasteiger partial charge >= 0.3 is 5.97 Å². The molecule has 2 rings (SSSR count). The molecule has 1 saturated heterocycles. The van der Waals surface area contributed by atoms with E-state index in [9.17, 15) is 19.7 Å². The van der Waals surface area contributed by atoms with Gasteiger partial charge in [-0.1, -0.05) is 6.07 Å². The topological polar surface area (TPSA) is 102 Å². The minimum absolute atomic E-state index is 0.0810. The molecule has 9 nitrogen and oxygen atoms in total. The standard InChI is InChI=1S/C18H25N3O6/c1-2-27-17(22)6-7-20(9-8-19-10-12-26-13-11-19)18(23)15-4-3-5-16(14-15)21(24)25/h3-5,14H,2,6-13H2,1H3. The van der Waals surface area contributed by atoms with Gasteiger partial charge in [-0.3, -0.25) is 24.6 Å². The summed E-state index contributed by atoms with van der Waals surface area (Å²) in [6, 6.07) is 5.63. The van der Waals surface area contributed by atoms with Crippen molar-refractivity contribution >= 4 is 17.6 Å². The van der Waals surface area contributed by atoms with Gasteiger partial charge in [0.15, 0.2) is 0 Å². The molecule has 0 spiro atoms. The van der Waals surface area contributed by atoms with E-state index in [1.54, 1.807) is 17.9 Å². The Bertz CT molecular complexity index is 660. The van der Waals surface area contributed by atoms with Crippen molar-refractivity contribution in [3.63, 3.8) is 0 Å². The van der Waals surface area contributed by atoms with Crippen LogP contribution in [0.2, 0.25) is 0 Å². The number of amides is 1. The summed E-state index contributed by atoms with van der Waals surface area (Å²) in [5, 5.41) is 11.0. The van der Waals surface area contributed by atoms with Gasteiger partial charge in [-0.25, -0.2) is 0 Å². The van der Waals surface area contributed by atoms with Crippen molar-refractivity contribution < 1.29 is 24.0 Å². The highest BCUT2D eigenvalue weighted by atomic mass is 16.6. The van der Waals surface area contributed by atoms with Crippen molar-refractivity contribution in [3.8, 4) is 0 Å². The molecular formula is C18H25N3O6. The zero-order valence-electron chi connectivity index (χ0n) is 15.5. The van der Waals surface area contributed by atoms with E-state index in [4.69, 9.17) is 9.47 Å². The van der Waals surface area contributed by atoms with Crippen molar-refractivity contribution in [2.24, 2.45) is 0 Å². The number of rotatable bonds is 9. The van der Waals surface area contributed by atoms with E-state index >= 15 is 0 Å². The van der Waals surface area contributed by atoms with E-state index in [1.807, 2.05) is 0 Å². The van der Waals surface area contributed by atoms with Gasteiger partial charge in [-0.15, -0.1) is 0 Å². The van der Waals surface area contributed by atoms with Gasteiger partial charge in [-0.2, -0.15) is 0 Å². The molecule has 0 N–H and O–H groups in total. The lowest BCUT2D eigenvalue weighted by Gasteiger charge is -2.30. The Kier molecular flexibility index (Phi) is 8.15. The number of carbonyl (C=O) groups excluding carboxylic acids is 2. The third-order valence-corrected chi connectivity index (χ3v) is 4.27. The van der Waals surface area contributed by atoms with Gasteiger partial charge < -0.3 is 14.4 Å². The first kappa shape index (κ1) is 20.8. The third kappa shape index (κ3) is 6.61. The second-order valence-corrected chi connectivity index (χ2v) is 6.11. The maximum absolute atomic E-state index is 12.9. The average molecular weight is 379 g/mol. The molecule has 0 aliphatic carbocycles. The molecule has 1 aliphatic heterocycles. The van der Waals surface area contributed by atoms with Crippen molar-refractivity contribution in [3.05, 3.63) is 39.9 Å². The first-order valence-electron chi connectivity index (χ1n) is 9.00. The molecule has 9 heteroatoms. The zero-order chi connectivity index (χ0) is 19.6. The number of ether oxygens (including phenoxy) is 2. The first-order valence-corrected chi connectivity index (χ1v) is 9.00. The minimum Gasteiger partial charge on any atom is -0.466 e. The maximum atomic E-state index is 12.9. The maximum Gasteiger partial charge on any atom is 0.307 e. The number of nitro groups is 1. The second kappa shape index (κ2) is 10.6. The lowest BCUT2D eigenvalue weighted by atomic mass is 10.1. The predicted octanol–water partition coefficient (Wildman–Crippen LogP) is 1.32. The number of non-ortho nitro benzene ring substituents is 1. The lowest BCUT2D eigenvalue weighted by Crippen LogP contribution is -2.43. The van der Waals surface area contributed by atoms with E-state index < -0.39 is 4.92 Å². The van der Waals surface area contributed by atoms with Crippen molar-refractivity contribution in [2.45, 2.75) is 13.3 Å². The second-order valence-electron chi connectivity index (χ2n) is 6.11. The molecule has 1 aliphatic rings. The van der Waals surface area contributed by atoms with Gasteiger partial charge in [0.25, 0.3) is 11.6 Å².